The highest BCUT2D eigenvalue weighted by molar-refractivity contribution is 5.60. The van der Waals surface area contributed by atoms with Crippen molar-refractivity contribution in [3.63, 3.8) is 0 Å². The molecule has 1 heterocycles. The summed E-state index contributed by atoms with van der Waals surface area (Å²) in [6, 6.07) is 2.41. The first-order chi connectivity index (χ1) is 9.13. The summed E-state index contributed by atoms with van der Waals surface area (Å²) in [5.41, 5.74) is 2.49. The molecule has 1 aliphatic rings. The maximum absolute atomic E-state index is 5.57. The molecule has 1 aliphatic heterocycles. The van der Waals surface area contributed by atoms with Crippen molar-refractivity contribution in [2.45, 2.75) is 26.3 Å². The molecule has 1 unspecified atom stereocenters. The van der Waals surface area contributed by atoms with Gasteiger partial charge in [-0.3, -0.25) is 0 Å². The summed E-state index contributed by atoms with van der Waals surface area (Å²) in [7, 11) is 4.99. The Labute approximate surface area is 115 Å². The molecule has 19 heavy (non-hydrogen) atoms. The molecule has 106 valence electrons. The molecule has 1 aromatic rings. The fraction of sp³-hybridized carbons (Fsp3) is 0.600. The Hall–Kier alpha value is -1.42. The molecule has 0 aromatic heterocycles. The third kappa shape index (κ3) is 2.37. The van der Waals surface area contributed by atoms with Crippen LogP contribution in [0.5, 0.6) is 17.2 Å². The first kappa shape index (κ1) is 14.0. The molecule has 1 atom stereocenters. The van der Waals surface area contributed by atoms with Crippen LogP contribution >= 0.6 is 0 Å². The van der Waals surface area contributed by atoms with E-state index in [9.17, 15) is 0 Å². The van der Waals surface area contributed by atoms with Gasteiger partial charge in [-0.05, 0) is 30.5 Å². The minimum atomic E-state index is 0.331. The van der Waals surface area contributed by atoms with Gasteiger partial charge in [-0.2, -0.15) is 0 Å². The van der Waals surface area contributed by atoms with E-state index in [1.54, 1.807) is 21.3 Å². The number of hydrogen-bond acceptors (Lipinski definition) is 4. The second-order valence-corrected chi connectivity index (χ2v) is 5.14. The lowest BCUT2D eigenvalue weighted by atomic mass is 9.87. The van der Waals surface area contributed by atoms with Crippen LogP contribution in [0.4, 0.5) is 0 Å². The zero-order valence-electron chi connectivity index (χ0n) is 12.4. The van der Waals surface area contributed by atoms with Crippen LogP contribution in [0.2, 0.25) is 0 Å². The summed E-state index contributed by atoms with van der Waals surface area (Å²) < 4.78 is 16.5. The zero-order valence-corrected chi connectivity index (χ0v) is 12.4. The first-order valence-electron chi connectivity index (χ1n) is 6.69. The molecule has 2 rings (SSSR count). The van der Waals surface area contributed by atoms with E-state index in [-0.39, 0.29) is 0 Å². The standard InChI is InChI=1S/C15H23NO3/c1-9(2)13-11-8-12(17-3)15(19-5)14(18-4)10(11)6-7-16-13/h8-9,13,16H,6-7H2,1-5H3. The molecule has 4 heteroatoms. The normalized spacial score (nSPS) is 18.1. The zero-order chi connectivity index (χ0) is 14.0. The van der Waals surface area contributed by atoms with E-state index < -0.39 is 0 Å². The number of hydrogen-bond donors (Lipinski definition) is 1. The summed E-state index contributed by atoms with van der Waals surface area (Å²) in [5, 5.41) is 3.56. The van der Waals surface area contributed by atoms with E-state index in [2.05, 4.69) is 25.2 Å². The van der Waals surface area contributed by atoms with Gasteiger partial charge >= 0.3 is 0 Å². The van der Waals surface area contributed by atoms with Gasteiger partial charge in [-0.25, -0.2) is 0 Å². The quantitative estimate of drug-likeness (QED) is 0.908. The van der Waals surface area contributed by atoms with Gasteiger partial charge in [0.2, 0.25) is 5.75 Å². The summed E-state index contributed by atoms with van der Waals surface area (Å²) in [4.78, 5) is 0. The number of methoxy groups -OCH3 is 3. The lowest BCUT2D eigenvalue weighted by Crippen LogP contribution is -2.33. The van der Waals surface area contributed by atoms with Crippen LogP contribution < -0.4 is 19.5 Å². The average Bonchev–Trinajstić information content (AvgIpc) is 2.43. The first-order valence-corrected chi connectivity index (χ1v) is 6.69. The third-order valence-corrected chi connectivity index (χ3v) is 3.71. The van der Waals surface area contributed by atoms with Crippen LogP contribution in [-0.4, -0.2) is 27.9 Å². The van der Waals surface area contributed by atoms with E-state index in [1.807, 2.05) is 0 Å². The van der Waals surface area contributed by atoms with Crippen LogP contribution in [0.25, 0.3) is 0 Å². The Morgan fingerprint density at radius 1 is 1.11 bits per heavy atom. The number of fused-ring (bicyclic) bond motifs is 1. The second kappa shape index (κ2) is 5.70. The van der Waals surface area contributed by atoms with Gasteiger partial charge in [0.1, 0.15) is 0 Å². The van der Waals surface area contributed by atoms with Gasteiger partial charge in [0, 0.05) is 11.6 Å². The highest BCUT2D eigenvalue weighted by atomic mass is 16.5. The molecule has 1 aromatic carbocycles. The molecule has 0 saturated carbocycles. The number of nitrogens with one attached hydrogen (secondary N) is 1. The maximum Gasteiger partial charge on any atom is 0.203 e. The SMILES string of the molecule is COc1cc2c(c(OC)c1OC)CCNC2C(C)C. The summed E-state index contributed by atoms with van der Waals surface area (Å²) in [5.74, 6) is 2.74. The van der Waals surface area contributed by atoms with Crippen molar-refractivity contribution in [1.29, 1.82) is 0 Å². The molecule has 0 fully saturated rings. The largest absolute Gasteiger partial charge is 0.493 e. The minimum absolute atomic E-state index is 0.331. The Morgan fingerprint density at radius 3 is 2.32 bits per heavy atom. The fourth-order valence-electron chi connectivity index (χ4n) is 2.83. The van der Waals surface area contributed by atoms with E-state index >= 15 is 0 Å². The molecule has 0 amide bonds. The van der Waals surface area contributed by atoms with Crippen LogP contribution in [0.3, 0.4) is 0 Å². The van der Waals surface area contributed by atoms with Crippen molar-refractivity contribution in [1.82, 2.24) is 5.32 Å². The van der Waals surface area contributed by atoms with Crippen LogP contribution in [-0.2, 0) is 6.42 Å². The van der Waals surface area contributed by atoms with Crippen LogP contribution in [0, 0.1) is 5.92 Å². The molecular weight excluding hydrogens is 242 g/mol. The smallest absolute Gasteiger partial charge is 0.203 e. The third-order valence-electron chi connectivity index (χ3n) is 3.71. The van der Waals surface area contributed by atoms with Gasteiger partial charge in [-0.1, -0.05) is 13.8 Å². The monoisotopic (exact) mass is 265 g/mol. The Bertz CT molecular complexity index is 457. The molecule has 4 nitrogen and oxygen atoms in total. The minimum Gasteiger partial charge on any atom is -0.493 e. The van der Waals surface area contributed by atoms with E-state index in [0.717, 1.165) is 24.5 Å². The van der Waals surface area contributed by atoms with Crippen molar-refractivity contribution >= 4 is 0 Å². The van der Waals surface area contributed by atoms with E-state index in [1.165, 1.54) is 11.1 Å². The summed E-state index contributed by atoms with van der Waals surface area (Å²) >= 11 is 0. The summed E-state index contributed by atoms with van der Waals surface area (Å²) in [6.45, 7) is 5.40. The van der Waals surface area contributed by atoms with Gasteiger partial charge in [0.25, 0.3) is 0 Å². The summed E-state index contributed by atoms with van der Waals surface area (Å²) in [6.07, 6.45) is 0.947. The Morgan fingerprint density at radius 2 is 1.79 bits per heavy atom. The van der Waals surface area contributed by atoms with Gasteiger partial charge < -0.3 is 19.5 Å². The Kier molecular flexibility index (Phi) is 4.20. The highest BCUT2D eigenvalue weighted by Crippen LogP contribution is 2.45. The van der Waals surface area contributed by atoms with Gasteiger partial charge in [-0.15, -0.1) is 0 Å². The van der Waals surface area contributed by atoms with Crippen molar-refractivity contribution in [3.8, 4) is 17.2 Å². The topological polar surface area (TPSA) is 39.7 Å². The average molecular weight is 265 g/mol. The Balaban J connectivity index is 2.63. The predicted octanol–water partition coefficient (Wildman–Crippen LogP) is 2.56. The van der Waals surface area contributed by atoms with Gasteiger partial charge in [0.05, 0.1) is 21.3 Å². The van der Waals surface area contributed by atoms with Crippen LogP contribution in [0.15, 0.2) is 6.07 Å². The lowest BCUT2D eigenvalue weighted by Gasteiger charge is -2.32. The molecule has 0 aliphatic carbocycles. The number of rotatable bonds is 4. The molecule has 1 N–H and O–H groups in total. The maximum atomic E-state index is 5.57. The van der Waals surface area contributed by atoms with E-state index in [0.29, 0.717) is 17.7 Å². The molecule has 0 saturated heterocycles. The van der Waals surface area contributed by atoms with Crippen LogP contribution in [0.1, 0.15) is 31.0 Å². The molecule has 0 spiro atoms. The predicted molar refractivity (Wildman–Crippen MR) is 75.4 cm³/mol. The van der Waals surface area contributed by atoms with E-state index in [4.69, 9.17) is 14.2 Å². The molecule has 0 bridgehead atoms. The van der Waals surface area contributed by atoms with Crippen molar-refractivity contribution in [2.24, 2.45) is 5.92 Å². The van der Waals surface area contributed by atoms with Crippen molar-refractivity contribution < 1.29 is 14.2 Å². The molecular formula is C15H23NO3. The number of benzene rings is 1. The van der Waals surface area contributed by atoms with Gasteiger partial charge in [0.15, 0.2) is 11.5 Å². The number of ether oxygens (including phenoxy) is 3. The highest BCUT2D eigenvalue weighted by Gasteiger charge is 2.29. The fourth-order valence-corrected chi connectivity index (χ4v) is 2.83. The van der Waals surface area contributed by atoms with Crippen molar-refractivity contribution in [3.05, 3.63) is 17.2 Å². The second-order valence-electron chi connectivity index (χ2n) is 5.14. The lowest BCUT2D eigenvalue weighted by molar-refractivity contribution is 0.314. The molecule has 0 radical (unpaired) electrons. The van der Waals surface area contributed by atoms with Crippen molar-refractivity contribution in [2.75, 3.05) is 27.9 Å².